The molecule has 0 radical (unpaired) electrons. The number of nitrogens with zero attached hydrogens (tertiary/aromatic N) is 4. The van der Waals surface area contributed by atoms with Crippen LogP contribution in [0.1, 0.15) is 37.6 Å². The van der Waals surface area contributed by atoms with Crippen molar-refractivity contribution in [2.45, 2.75) is 32.8 Å². The molecule has 0 bridgehead atoms. The number of carbonyl (C=O) groups is 3. The fraction of sp³-hybridized carbons (Fsp3) is 0.280. The molecule has 2 amide bonds. The van der Waals surface area contributed by atoms with E-state index in [0.717, 1.165) is 0 Å². The maximum Gasteiger partial charge on any atom is 0.529 e. The third-order valence-corrected chi connectivity index (χ3v) is 5.37. The lowest BCUT2D eigenvalue weighted by atomic mass is 10.2. The second kappa shape index (κ2) is 10.6. The van der Waals surface area contributed by atoms with Gasteiger partial charge in [-0.1, -0.05) is 0 Å². The number of esters is 1. The zero-order valence-corrected chi connectivity index (χ0v) is 20.8. The van der Waals surface area contributed by atoms with Gasteiger partial charge in [-0.25, -0.2) is 14.6 Å². The van der Waals surface area contributed by atoms with Gasteiger partial charge in [0.2, 0.25) is 5.84 Å². The molecule has 0 fully saturated rings. The molecule has 1 aliphatic heterocycles. The summed E-state index contributed by atoms with van der Waals surface area (Å²) in [7, 11) is 1.56. The minimum Gasteiger partial charge on any atom is -0.444 e. The average molecular weight is 512 g/mol. The van der Waals surface area contributed by atoms with Gasteiger partial charge in [-0.3, -0.25) is 10.1 Å². The van der Waals surface area contributed by atoms with E-state index in [2.05, 4.69) is 4.99 Å². The van der Waals surface area contributed by atoms with Crippen molar-refractivity contribution in [1.29, 1.82) is 0 Å². The van der Waals surface area contributed by atoms with Gasteiger partial charge < -0.3 is 19.5 Å². The number of hydrogen-bond donors (Lipinski definition) is 1. The first-order chi connectivity index (χ1) is 17.3. The number of amides is 2. The van der Waals surface area contributed by atoms with Crippen molar-refractivity contribution in [2.75, 3.05) is 13.6 Å². The third kappa shape index (κ3) is 6.16. The maximum absolute atomic E-state index is 12.4. The highest BCUT2D eigenvalue weighted by Gasteiger charge is 2.46. The normalized spacial score (nSPS) is 16.6. The number of nitro groups is 1. The number of carboxylic acid groups (broad SMARTS) is 1. The van der Waals surface area contributed by atoms with Crippen LogP contribution in [0.2, 0.25) is 0 Å². The number of quaternary nitrogens is 1. The van der Waals surface area contributed by atoms with Gasteiger partial charge in [-0.05, 0) is 45.0 Å². The highest BCUT2D eigenvalue weighted by Crippen LogP contribution is 2.32. The Morgan fingerprint density at radius 2 is 1.70 bits per heavy atom. The molecule has 2 aromatic rings. The van der Waals surface area contributed by atoms with E-state index in [9.17, 15) is 29.6 Å². The standard InChI is InChI=1S/C25H26N4O8/c1-25(2,3)37-23(31)27(4)15-13-21-26-14-16-29(21,24(32)33)19-9-11-20(12-10-19)36-22(30)17-5-7-18(8-6-17)28(34)35/h5-12,14,16H,13,15H2,1-4H3/p+1. The third-order valence-electron chi connectivity index (χ3n) is 5.37. The minimum atomic E-state index is -1.21. The van der Waals surface area contributed by atoms with Crippen LogP contribution < -0.4 is 9.22 Å². The quantitative estimate of drug-likeness (QED) is 0.181. The second-order valence-electron chi connectivity index (χ2n) is 9.19. The SMILES string of the molecule is CN(CCC1=NC=C[N+]1(C(=O)O)c1ccc(OC(=O)c2ccc([N+](=O)[O-])cc2)cc1)C(=O)OC(C)(C)C. The highest BCUT2D eigenvalue weighted by atomic mass is 16.6. The van der Waals surface area contributed by atoms with Crippen molar-refractivity contribution < 1.29 is 33.9 Å². The summed E-state index contributed by atoms with van der Waals surface area (Å²) < 4.78 is 9.94. The summed E-state index contributed by atoms with van der Waals surface area (Å²) in [5, 5.41) is 20.9. The number of benzene rings is 2. The first kappa shape index (κ1) is 27.0. The first-order valence-electron chi connectivity index (χ1n) is 11.2. The van der Waals surface area contributed by atoms with Crippen LogP contribution in [0.25, 0.3) is 0 Å². The molecule has 1 N–H and O–H groups in total. The molecule has 0 spiro atoms. The Balaban J connectivity index is 1.73. The van der Waals surface area contributed by atoms with Crippen molar-refractivity contribution >= 4 is 35.4 Å². The van der Waals surface area contributed by atoms with Crippen LogP contribution in [0.5, 0.6) is 5.75 Å². The molecule has 2 aromatic carbocycles. The van der Waals surface area contributed by atoms with E-state index in [1.807, 2.05) is 0 Å². The molecule has 1 aliphatic rings. The Bertz CT molecular complexity index is 1260. The van der Waals surface area contributed by atoms with Crippen molar-refractivity contribution in [1.82, 2.24) is 9.38 Å². The Morgan fingerprint density at radius 1 is 1.08 bits per heavy atom. The van der Waals surface area contributed by atoms with Gasteiger partial charge in [0.05, 0.1) is 23.1 Å². The van der Waals surface area contributed by atoms with Crippen LogP contribution >= 0.6 is 0 Å². The Morgan fingerprint density at radius 3 is 2.24 bits per heavy atom. The number of hydrogen-bond acceptors (Lipinski definition) is 8. The van der Waals surface area contributed by atoms with E-state index >= 15 is 0 Å². The first-order valence-corrected chi connectivity index (χ1v) is 11.2. The predicted octanol–water partition coefficient (Wildman–Crippen LogP) is 4.94. The van der Waals surface area contributed by atoms with E-state index in [4.69, 9.17) is 9.47 Å². The van der Waals surface area contributed by atoms with Crippen molar-refractivity contribution in [3.63, 3.8) is 0 Å². The minimum absolute atomic E-state index is 0.120. The lowest BCUT2D eigenvalue weighted by Crippen LogP contribution is -2.52. The molecular weight excluding hydrogens is 484 g/mol. The van der Waals surface area contributed by atoms with Gasteiger partial charge in [-0.15, -0.1) is 4.48 Å². The Hall–Kier alpha value is -4.58. The summed E-state index contributed by atoms with van der Waals surface area (Å²) in [6.45, 7) is 5.43. The lowest BCUT2D eigenvalue weighted by molar-refractivity contribution is -0.384. The van der Waals surface area contributed by atoms with Crippen LogP contribution in [0.15, 0.2) is 65.9 Å². The molecule has 37 heavy (non-hydrogen) atoms. The number of ether oxygens (including phenoxy) is 2. The van der Waals surface area contributed by atoms with Crippen LogP contribution in [-0.2, 0) is 4.74 Å². The molecule has 1 atom stereocenters. The molecule has 3 rings (SSSR count). The van der Waals surface area contributed by atoms with E-state index in [-0.39, 0.29) is 35.8 Å². The average Bonchev–Trinajstić information content (AvgIpc) is 3.27. The summed E-state index contributed by atoms with van der Waals surface area (Å²) in [6, 6.07) is 10.8. The monoisotopic (exact) mass is 511 g/mol. The van der Waals surface area contributed by atoms with Crippen LogP contribution in [-0.4, -0.2) is 58.1 Å². The molecule has 12 heteroatoms. The summed E-state index contributed by atoms with van der Waals surface area (Å²) in [4.78, 5) is 52.9. The molecule has 194 valence electrons. The fourth-order valence-corrected chi connectivity index (χ4v) is 3.49. The van der Waals surface area contributed by atoms with Crippen LogP contribution in [0.4, 0.5) is 21.0 Å². The van der Waals surface area contributed by atoms with Crippen molar-refractivity contribution in [3.05, 3.63) is 76.6 Å². The number of carbonyl (C=O) groups excluding carboxylic acids is 2. The van der Waals surface area contributed by atoms with Crippen molar-refractivity contribution in [2.24, 2.45) is 4.99 Å². The van der Waals surface area contributed by atoms with E-state index in [0.29, 0.717) is 5.69 Å². The van der Waals surface area contributed by atoms with Gasteiger partial charge in [0.1, 0.15) is 17.6 Å². The smallest absolute Gasteiger partial charge is 0.444 e. The molecule has 12 nitrogen and oxygen atoms in total. The number of aliphatic imine (C=N–C) groups is 1. The lowest BCUT2D eigenvalue weighted by Gasteiger charge is -2.28. The Kier molecular flexibility index (Phi) is 7.73. The van der Waals surface area contributed by atoms with Crippen LogP contribution in [0, 0.1) is 10.1 Å². The topological polar surface area (TPSA) is 149 Å². The zero-order chi connectivity index (χ0) is 27.4. The summed E-state index contributed by atoms with van der Waals surface area (Å²) in [5.74, 6) is -0.293. The zero-order valence-electron chi connectivity index (χ0n) is 20.8. The molecule has 1 unspecified atom stereocenters. The van der Waals surface area contributed by atoms with Gasteiger partial charge in [0, 0.05) is 37.9 Å². The summed E-state index contributed by atoms with van der Waals surface area (Å²) in [5.41, 5.74) is -0.371. The second-order valence-corrected chi connectivity index (χ2v) is 9.19. The highest BCUT2D eigenvalue weighted by molar-refractivity contribution is 6.11. The fourth-order valence-electron chi connectivity index (χ4n) is 3.49. The molecule has 0 aliphatic carbocycles. The van der Waals surface area contributed by atoms with E-state index in [1.54, 1.807) is 27.8 Å². The largest absolute Gasteiger partial charge is 0.529 e. The molecule has 0 saturated heterocycles. The van der Waals surface area contributed by atoms with E-state index in [1.165, 1.54) is 65.8 Å². The van der Waals surface area contributed by atoms with Gasteiger partial charge in [0.15, 0.2) is 5.69 Å². The summed E-state index contributed by atoms with van der Waals surface area (Å²) >= 11 is 0. The van der Waals surface area contributed by atoms with Crippen LogP contribution in [0.3, 0.4) is 0 Å². The molecule has 0 aromatic heterocycles. The number of non-ortho nitro benzene ring substituents is 1. The number of rotatable bonds is 7. The van der Waals surface area contributed by atoms with Gasteiger partial charge in [-0.2, -0.15) is 4.79 Å². The predicted molar refractivity (Wildman–Crippen MR) is 134 cm³/mol. The van der Waals surface area contributed by atoms with Gasteiger partial charge >= 0.3 is 18.2 Å². The van der Waals surface area contributed by atoms with Gasteiger partial charge in [0.25, 0.3) is 5.69 Å². The van der Waals surface area contributed by atoms with E-state index < -0.39 is 33.2 Å². The summed E-state index contributed by atoms with van der Waals surface area (Å²) in [6.07, 6.45) is 1.21. The maximum atomic E-state index is 12.4. The Labute approximate surface area is 212 Å². The number of amidine groups is 1. The molecule has 1 heterocycles. The van der Waals surface area contributed by atoms with Crippen molar-refractivity contribution in [3.8, 4) is 5.75 Å². The molecular formula is C25H27N4O8+. The molecule has 0 saturated carbocycles. The number of nitro benzene ring substituents is 1.